The Kier molecular flexibility index (Phi) is 7.47. The van der Waals surface area contributed by atoms with E-state index >= 15 is 0 Å². The fourth-order valence-electron chi connectivity index (χ4n) is 4.10. The SMILES string of the molecule is COC(=O)CCC(C(N)=O)N1Cc2c(OCc3ccc(Cn4cc(C(N)=O)nn4)cc3)cccc2C1=O. The second kappa shape index (κ2) is 10.9. The molecule has 192 valence electrons. The zero-order chi connectivity index (χ0) is 26.5. The van der Waals surface area contributed by atoms with Crippen molar-refractivity contribution < 1.29 is 28.7 Å². The fraction of sp³-hybridized carbons (Fsp3) is 0.280. The maximum absolute atomic E-state index is 13.0. The highest BCUT2D eigenvalue weighted by Crippen LogP contribution is 2.33. The van der Waals surface area contributed by atoms with Crippen molar-refractivity contribution in [2.24, 2.45) is 11.5 Å². The minimum absolute atomic E-state index is 0.0349. The Balaban J connectivity index is 1.41. The van der Waals surface area contributed by atoms with Gasteiger partial charge in [0.2, 0.25) is 5.91 Å². The van der Waals surface area contributed by atoms with Crippen molar-refractivity contribution >= 4 is 23.7 Å². The highest BCUT2D eigenvalue weighted by molar-refractivity contribution is 6.01. The van der Waals surface area contributed by atoms with Crippen molar-refractivity contribution in [1.29, 1.82) is 0 Å². The lowest BCUT2D eigenvalue weighted by Gasteiger charge is -2.24. The van der Waals surface area contributed by atoms with Gasteiger partial charge in [-0.1, -0.05) is 35.5 Å². The molecule has 12 heteroatoms. The molecule has 12 nitrogen and oxygen atoms in total. The summed E-state index contributed by atoms with van der Waals surface area (Å²) in [7, 11) is 1.26. The molecule has 3 amide bonds. The Morgan fingerprint density at radius 3 is 2.46 bits per heavy atom. The van der Waals surface area contributed by atoms with Crippen LogP contribution in [-0.2, 0) is 34.0 Å². The molecule has 1 atom stereocenters. The first kappa shape index (κ1) is 25.4. The van der Waals surface area contributed by atoms with Crippen LogP contribution in [0.2, 0.25) is 0 Å². The van der Waals surface area contributed by atoms with E-state index in [4.69, 9.17) is 16.2 Å². The molecule has 0 radical (unpaired) electrons. The Hall–Kier alpha value is -4.74. The molecule has 0 aliphatic carbocycles. The highest BCUT2D eigenvalue weighted by Gasteiger charge is 2.37. The number of methoxy groups -OCH3 is 1. The number of nitrogens with zero attached hydrogens (tertiary/aromatic N) is 4. The summed E-state index contributed by atoms with van der Waals surface area (Å²) in [5.41, 5.74) is 13.8. The number of carbonyl (C=O) groups is 4. The summed E-state index contributed by atoms with van der Waals surface area (Å²) in [6, 6.07) is 11.8. The molecule has 0 fully saturated rings. The number of rotatable bonds is 11. The van der Waals surface area contributed by atoms with Crippen molar-refractivity contribution in [3.05, 3.63) is 76.6 Å². The van der Waals surface area contributed by atoms with E-state index < -0.39 is 23.8 Å². The van der Waals surface area contributed by atoms with Crippen LogP contribution in [-0.4, -0.2) is 56.7 Å². The van der Waals surface area contributed by atoms with E-state index in [0.29, 0.717) is 23.4 Å². The number of ether oxygens (including phenoxy) is 2. The van der Waals surface area contributed by atoms with Crippen LogP contribution in [0.15, 0.2) is 48.7 Å². The summed E-state index contributed by atoms with van der Waals surface area (Å²) < 4.78 is 12.2. The fourth-order valence-corrected chi connectivity index (χ4v) is 4.10. The van der Waals surface area contributed by atoms with Gasteiger partial charge in [0.05, 0.1) is 26.4 Å². The summed E-state index contributed by atoms with van der Waals surface area (Å²) in [6.45, 7) is 0.813. The van der Waals surface area contributed by atoms with Gasteiger partial charge in [-0.15, -0.1) is 5.10 Å². The molecule has 1 aliphatic rings. The van der Waals surface area contributed by atoms with Gasteiger partial charge in [-0.2, -0.15) is 0 Å². The van der Waals surface area contributed by atoms with Crippen LogP contribution in [0.3, 0.4) is 0 Å². The molecule has 1 aromatic heterocycles. The van der Waals surface area contributed by atoms with Gasteiger partial charge in [-0.3, -0.25) is 19.2 Å². The molecule has 2 aromatic carbocycles. The zero-order valence-corrected chi connectivity index (χ0v) is 20.1. The van der Waals surface area contributed by atoms with E-state index in [9.17, 15) is 19.2 Å². The van der Waals surface area contributed by atoms with Gasteiger partial charge in [0.1, 0.15) is 18.4 Å². The van der Waals surface area contributed by atoms with Crippen molar-refractivity contribution in [2.45, 2.75) is 38.6 Å². The molecule has 3 aromatic rings. The average Bonchev–Trinajstić information content (AvgIpc) is 3.49. The molecular weight excluding hydrogens is 480 g/mol. The molecule has 4 rings (SSSR count). The standard InChI is InChI=1S/C25H26N6O6/c1-36-22(32)10-9-20(24(27)34)31-12-18-17(25(31)35)3-2-4-21(18)37-14-16-7-5-15(6-8-16)11-30-13-19(23(26)33)28-29-30/h2-8,13,20H,9-12,14H2,1H3,(H2,26,33)(H2,27,34). The number of aromatic nitrogens is 3. The zero-order valence-electron chi connectivity index (χ0n) is 20.1. The predicted octanol–water partition coefficient (Wildman–Crippen LogP) is 0.767. The van der Waals surface area contributed by atoms with E-state index in [1.54, 1.807) is 18.2 Å². The van der Waals surface area contributed by atoms with Crippen LogP contribution in [0.4, 0.5) is 0 Å². The van der Waals surface area contributed by atoms with Gasteiger partial charge in [-0.25, -0.2) is 4.68 Å². The van der Waals surface area contributed by atoms with Crippen molar-refractivity contribution in [1.82, 2.24) is 19.9 Å². The molecule has 0 spiro atoms. The summed E-state index contributed by atoms with van der Waals surface area (Å²) in [5, 5.41) is 7.60. The number of esters is 1. The first-order valence-electron chi connectivity index (χ1n) is 11.5. The molecule has 0 saturated carbocycles. The first-order valence-corrected chi connectivity index (χ1v) is 11.5. The van der Waals surface area contributed by atoms with E-state index in [2.05, 4.69) is 15.0 Å². The molecule has 1 aliphatic heterocycles. The lowest BCUT2D eigenvalue weighted by molar-refractivity contribution is -0.141. The lowest BCUT2D eigenvalue weighted by Crippen LogP contribution is -2.45. The van der Waals surface area contributed by atoms with Crippen LogP contribution >= 0.6 is 0 Å². The molecule has 37 heavy (non-hydrogen) atoms. The Morgan fingerprint density at radius 1 is 1.08 bits per heavy atom. The Morgan fingerprint density at radius 2 is 1.81 bits per heavy atom. The number of nitrogens with two attached hydrogens (primary N) is 2. The number of hydrogen-bond donors (Lipinski definition) is 2. The summed E-state index contributed by atoms with van der Waals surface area (Å²) in [5.74, 6) is -1.63. The number of hydrogen-bond acceptors (Lipinski definition) is 8. The monoisotopic (exact) mass is 506 g/mol. The summed E-state index contributed by atoms with van der Waals surface area (Å²) in [4.78, 5) is 49.2. The second-order valence-corrected chi connectivity index (χ2v) is 8.52. The normalized spacial score (nSPS) is 13.2. The number of benzene rings is 2. The van der Waals surface area contributed by atoms with Crippen molar-refractivity contribution in [2.75, 3.05) is 7.11 Å². The quantitative estimate of drug-likeness (QED) is 0.359. The van der Waals surface area contributed by atoms with E-state index in [1.165, 1.54) is 22.9 Å². The third-order valence-electron chi connectivity index (χ3n) is 6.06. The Bertz CT molecular complexity index is 1340. The topological polar surface area (TPSA) is 173 Å². The van der Waals surface area contributed by atoms with Gasteiger partial charge in [-0.05, 0) is 29.7 Å². The van der Waals surface area contributed by atoms with Crippen LogP contribution in [0.1, 0.15) is 50.4 Å². The van der Waals surface area contributed by atoms with Gasteiger partial charge >= 0.3 is 5.97 Å². The number of amides is 3. The highest BCUT2D eigenvalue weighted by atomic mass is 16.5. The largest absolute Gasteiger partial charge is 0.489 e. The minimum atomic E-state index is -0.941. The molecule has 0 bridgehead atoms. The van der Waals surface area contributed by atoms with E-state index in [1.807, 2.05) is 24.3 Å². The minimum Gasteiger partial charge on any atom is -0.489 e. The molecule has 4 N–H and O–H groups in total. The lowest BCUT2D eigenvalue weighted by atomic mass is 10.1. The van der Waals surface area contributed by atoms with Gasteiger partial charge < -0.3 is 25.8 Å². The average molecular weight is 507 g/mol. The molecule has 0 saturated heterocycles. The maximum Gasteiger partial charge on any atom is 0.305 e. The van der Waals surface area contributed by atoms with Crippen molar-refractivity contribution in [3.63, 3.8) is 0 Å². The summed E-state index contributed by atoms with van der Waals surface area (Å²) in [6.07, 6.45) is 1.52. The number of fused-ring (bicyclic) bond motifs is 1. The van der Waals surface area contributed by atoms with Crippen LogP contribution < -0.4 is 16.2 Å². The first-order chi connectivity index (χ1) is 17.8. The van der Waals surface area contributed by atoms with Crippen LogP contribution in [0.25, 0.3) is 0 Å². The maximum atomic E-state index is 13.0. The molecule has 2 heterocycles. The van der Waals surface area contributed by atoms with Gasteiger partial charge in [0, 0.05) is 17.5 Å². The second-order valence-electron chi connectivity index (χ2n) is 8.52. The molecule has 1 unspecified atom stereocenters. The van der Waals surface area contributed by atoms with Crippen molar-refractivity contribution in [3.8, 4) is 5.75 Å². The smallest absolute Gasteiger partial charge is 0.305 e. The third kappa shape index (κ3) is 5.74. The predicted molar refractivity (Wildman–Crippen MR) is 129 cm³/mol. The third-order valence-corrected chi connectivity index (χ3v) is 6.06. The van der Waals surface area contributed by atoms with Gasteiger partial charge in [0.25, 0.3) is 11.8 Å². The van der Waals surface area contributed by atoms with Gasteiger partial charge in [0.15, 0.2) is 5.69 Å². The summed E-state index contributed by atoms with van der Waals surface area (Å²) >= 11 is 0. The Labute approximate surface area is 212 Å². The number of carbonyl (C=O) groups excluding carboxylic acids is 4. The van der Waals surface area contributed by atoms with Crippen LogP contribution in [0, 0.1) is 0 Å². The van der Waals surface area contributed by atoms with E-state index in [-0.39, 0.29) is 37.6 Å². The number of primary amides is 2. The molecular formula is C25H26N6O6. The van der Waals surface area contributed by atoms with E-state index in [0.717, 1.165) is 11.1 Å². The van der Waals surface area contributed by atoms with Crippen LogP contribution in [0.5, 0.6) is 5.75 Å².